The topological polar surface area (TPSA) is 75.8 Å². The molecule has 3 N–H and O–H groups in total. The number of hydrogen-bond donors (Lipinski definition) is 2. The second-order valence-electron chi connectivity index (χ2n) is 2.84. The molecule has 70 valence electrons. The lowest BCUT2D eigenvalue weighted by Gasteiger charge is -2.13. The maximum absolute atomic E-state index is 11.1. The molecule has 0 aromatic heterocycles. The molecule has 1 aliphatic rings. The number of β-amino-alcohol motifs (C(OH)–C–C–N with tert-alkyl or cyclic N) is 1. The van der Waals surface area contributed by atoms with Crippen molar-refractivity contribution in [2.24, 2.45) is 5.73 Å². The van der Waals surface area contributed by atoms with E-state index in [1.54, 1.807) is 0 Å². The molecule has 1 saturated heterocycles. The quantitative estimate of drug-likeness (QED) is 0.516. The van der Waals surface area contributed by atoms with Crippen LogP contribution >= 0.6 is 0 Å². The molecular weight excluding hydrogens is 160 g/mol. The van der Waals surface area contributed by atoms with Crippen molar-refractivity contribution in [1.82, 2.24) is 4.90 Å². The van der Waals surface area contributed by atoms with E-state index in [0.717, 1.165) is 0 Å². The van der Waals surface area contributed by atoms with Crippen LogP contribution in [0.5, 0.6) is 0 Å². The van der Waals surface area contributed by atoms with Gasteiger partial charge in [0.05, 0.1) is 12.6 Å². The van der Waals surface area contributed by atoms with Gasteiger partial charge >= 0.3 is 0 Å². The van der Waals surface area contributed by atoms with E-state index in [0.29, 0.717) is 13.1 Å². The van der Waals surface area contributed by atoms with E-state index < -0.39 is 6.10 Å². The molecule has 2 unspecified atom stereocenters. The molecule has 2 atom stereocenters. The Bertz CT molecular complexity index is 174. The van der Waals surface area contributed by atoms with Crippen molar-refractivity contribution in [3.05, 3.63) is 0 Å². The first-order chi connectivity index (χ1) is 5.69. The summed E-state index contributed by atoms with van der Waals surface area (Å²) < 4.78 is 4.96. The molecule has 0 aromatic carbocycles. The van der Waals surface area contributed by atoms with Gasteiger partial charge < -0.3 is 20.5 Å². The van der Waals surface area contributed by atoms with E-state index in [2.05, 4.69) is 0 Å². The number of nitrogens with two attached hydrogens (primary N) is 1. The van der Waals surface area contributed by atoms with E-state index in [1.165, 1.54) is 12.0 Å². The number of carbonyl (C=O) groups is 1. The average molecular weight is 174 g/mol. The number of aliphatic hydroxyl groups excluding tert-OH is 1. The van der Waals surface area contributed by atoms with E-state index >= 15 is 0 Å². The summed E-state index contributed by atoms with van der Waals surface area (Å²) in [5.74, 6) is -0.145. The number of amides is 1. The highest BCUT2D eigenvalue weighted by Gasteiger charge is 2.33. The van der Waals surface area contributed by atoms with Crippen LogP contribution in [0.2, 0.25) is 0 Å². The SMILES string of the molecule is COC1CN(C(=O)CN)CC1O. The molecule has 1 amide bonds. The zero-order chi connectivity index (χ0) is 9.14. The van der Waals surface area contributed by atoms with Crippen LogP contribution < -0.4 is 5.73 Å². The van der Waals surface area contributed by atoms with Gasteiger partial charge in [-0.3, -0.25) is 4.79 Å². The molecule has 5 heteroatoms. The van der Waals surface area contributed by atoms with Gasteiger partial charge in [-0.15, -0.1) is 0 Å². The Kier molecular flexibility index (Phi) is 3.02. The highest BCUT2D eigenvalue weighted by Crippen LogP contribution is 2.12. The number of methoxy groups -OCH3 is 1. The van der Waals surface area contributed by atoms with Crippen LogP contribution in [-0.4, -0.2) is 54.9 Å². The van der Waals surface area contributed by atoms with Crippen molar-refractivity contribution in [2.45, 2.75) is 12.2 Å². The largest absolute Gasteiger partial charge is 0.388 e. The zero-order valence-electron chi connectivity index (χ0n) is 7.06. The fourth-order valence-corrected chi connectivity index (χ4v) is 1.32. The molecule has 0 aromatic rings. The molecule has 0 radical (unpaired) electrons. The van der Waals surface area contributed by atoms with E-state index in [9.17, 15) is 9.90 Å². The summed E-state index contributed by atoms with van der Waals surface area (Å²) in [5.41, 5.74) is 5.17. The molecule has 0 saturated carbocycles. The van der Waals surface area contributed by atoms with Gasteiger partial charge in [0.15, 0.2) is 0 Å². The minimum Gasteiger partial charge on any atom is -0.388 e. The number of aliphatic hydroxyl groups is 1. The number of nitrogens with zero attached hydrogens (tertiary/aromatic N) is 1. The van der Waals surface area contributed by atoms with Gasteiger partial charge in [-0.25, -0.2) is 0 Å². The Morgan fingerprint density at radius 1 is 1.75 bits per heavy atom. The van der Waals surface area contributed by atoms with Gasteiger partial charge in [-0.2, -0.15) is 0 Å². The minimum absolute atomic E-state index is 0.0108. The Morgan fingerprint density at radius 2 is 2.42 bits per heavy atom. The predicted octanol–water partition coefficient (Wildman–Crippen LogP) is -1.84. The maximum Gasteiger partial charge on any atom is 0.236 e. The lowest BCUT2D eigenvalue weighted by molar-refractivity contribution is -0.129. The van der Waals surface area contributed by atoms with Crippen molar-refractivity contribution in [3.63, 3.8) is 0 Å². The van der Waals surface area contributed by atoms with Crippen LogP contribution in [0.1, 0.15) is 0 Å². The molecule has 0 spiro atoms. The first-order valence-electron chi connectivity index (χ1n) is 3.87. The molecular formula is C7H14N2O3. The normalized spacial score (nSPS) is 29.4. The van der Waals surface area contributed by atoms with Gasteiger partial charge in [0.25, 0.3) is 0 Å². The lowest BCUT2D eigenvalue weighted by atomic mass is 10.3. The first-order valence-corrected chi connectivity index (χ1v) is 3.87. The predicted molar refractivity (Wildman–Crippen MR) is 42.4 cm³/mol. The highest BCUT2D eigenvalue weighted by atomic mass is 16.5. The molecule has 12 heavy (non-hydrogen) atoms. The summed E-state index contributed by atoms with van der Waals surface area (Å²) in [4.78, 5) is 12.6. The van der Waals surface area contributed by atoms with Crippen molar-refractivity contribution in [3.8, 4) is 0 Å². The molecule has 0 aliphatic carbocycles. The van der Waals surface area contributed by atoms with Gasteiger partial charge in [-0.1, -0.05) is 0 Å². The van der Waals surface area contributed by atoms with Crippen molar-refractivity contribution in [2.75, 3.05) is 26.7 Å². The maximum atomic E-state index is 11.1. The Labute approximate surface area is 71.1 Å². The second-order valence-corrected chi connectivity index (χ2v) is 2.84. The summed E-state index contributed by atoms with van der Waals surface area (Å²) in [5, 5.41) is 9.34. The number of ether oxygens (including phenoxy) is 1. The van der Waals surface area contributed by atoms with Gasteiger partial charge in [-0.05, 0) is 0 Å². The third-order valence-electron chi connectivity index (χ3n) is 2.07. The lowest BCUT2D eigenvalue weighted by Crippen LogP contribution is -2.35. The van der Waals surface area contributed by atoms with Crippen LogP contribution in [0.4, 0.5) is 0 Å². The van der Waals surface area contributed by atoms with Gasteiger partial charge in [0, 0.05) is 20.2 Å². The number of carbonyl (C=O) groups excluding carboxylic acids is 1. The van der Waals surface area contributed by atoms with Crippen LogP contribution in [0.3, 0.4) is 0 Å². The third kappa shape index (κ3) is 1.74. The van der Waals surface area contributed by atoms with Crippen LogP contribution in [0.15, 0.2) is 0 Å². The zero-order valence-corrected chi connectivity index (χ0v) is 7.06. The number of hydrogen-bond acceptors (Lipinski definition) is 4. The summed E-state index contributed by atoms with van der Waals surface area (Å²) >= 11 is 0. The van der Waals surface area contributed by atoms with Gasteiger partial charge in [0.2, 0.25) is 5.91 Å². The molecule has 1 aliphatic heterocycles. The van der Waals surface area contributed by atoms with E-state index in [1.807, 2.05) is 0 Å². The molecule has 1 rings (SSSR count). The average Bonchev–Trinajstić information content (AvgIpc) is 2.45. The van der Waals surface area contributed by atoms with Crippen LogP contribution in [0, 0.1) is 0 Å². The smallest absolute Gasteiger partial charge is 0.236 e. The molecule has 1 heterocycles. The van der Waals surface area contributed by atoms with E-state index in [-0.39, 0.29) is 18.6 Å². The fourth-order valence-electron chi connectivity index (χ4n) is 1.32. The number of likely N-dealkylation sites (tertiary alicyclic amines) is 1. The monoisotopic (exact) mass is 174 g/mol. The van der Waals surface area contributed by atoms with Crippen molar-refractivity contribution >= 4 is 5.91 Å². The Balaban J connectivity index is 2.48. The summed E-state index contributed by atoms with van der Waals surface area (Å²) in [7, 11) is 1.52. The Hall–Kier alpha value is -0.650. The second kappa shape index (κ2) is 3.84. The van der Waals surface area contributed by atoms with Crippen LogP contribution in [-0.2, 0) is 9.53 Å². The highest BCUT2D eigenvalue weighted by molar-refractivity contribution is 5.78. The standard InChI is InChI=1S/C7H14N2O3/c1-12-6-4-9(3-5(6)10)7(11)2-8/h5-6,10H,2-4,8H2,1H3. The Morgan fingerprint density at radius 3 is 2.83 bits per heavy atom. The first kappa shape index (κ1) is 9.44. The number of rotatable bonds is 2. The van der Waals surface area contributed by atoms with E-state index in [4.69, 9.17) is 10.5 Å². The van der Waals surface area contributed by atoms with Crippen LogP contribution in [0.25, 0.3) is 0 Å². The van der Waals surface area contributed by atoms with Gasteiger partial charge in [0.1, 0.15) is 6.10 Å². The molecule has 1 fully saturated rings. The summed E-state index contributed by atoms with van der Waals surface area (Å²) in [6.45, 7) is 0.755. The van der Waals surface area contributed by atoms with Crippen molar-refractivity contribution in [1.29, 1.82) is 0 Å². The minimum atomic E-state index is -0.578. The van der Waals surface area contributed by atoms with Crippen molar-refractivity contribution < 1.29 is 14.6 Å². The summed E-state index contributed by atoms with van der Waals surface area (Å²) in [6.07, 6.45) is -0.842. The summed E-state index contributed by atoms with van der Waals surface area (Å²) in [6, 6.07) is 0. The third-order valence-corrected chi connectivity index (χ3v) is 2.07. The fraction of sp³-hybridized carbons (Fsp3) is 0.857. The molecule has 0 bridgehead atoms. The molecule has 5 nitrogen and oxygen atoms in total.